The van der Waals surface area contributed by atoms with E-state index in [1.807, 2.05) is 0 Å². The summed E-state index contributed by atoms with van der Waals surface area (Å²) < 4.78 is 15.2. The second-order valence-corrected chi connectivity index (χ2v) is 7.61. The van der Waals surface area contributed by atoms with Crippen molar-refractivity contribution in [1.82, 2.24) is 14.9 Å². The van der Waals surface area contributed by atoms with Gasteiger partial charge >= 0.3 is 0 Å². The minimum Gasteiger partial charge on any atom is -0.502 e. The van der Waals surface area contributed by atoms with Crippen LogP contribution in [-0.4, -0.2) is 46.8 Å². The Bertz CT molecular complexity index is 1200. The van der Waals surface area contributed by atoms with Crippen LogP contribution in [0.15, 0.2) is 41.8 Å². The lowest BCUT2D eigenvalue weighted by atomic mass is 10.1. The maximum absolute atomic E-state index is 14.0. The summed E-state index contributed by atoms with van der Waals surface area (Å²) in [6.45, 7) is 3.76. The Labute approximate surface area is 188 Å². The highest BCUT2D eigenvalue weighted by molar-refractivity contribution is 6.30. The molecule has 1 aliphatic heterocycles. The van der Waals surface area contributed by atoms with Crippen molar-refractivity contribution in [3.05, 3.63) is 74.9 Å². The van der Waals surface area contributed by atoms with Crippen LogP contribution in [0.1, 0.15) is 26.4 Å². The summed E-state index contributed by atoms with van der Waals surface area (Å²) in [5.41, 5.74) is -1.57. The number of aromatic nitrogens is 1. The molecule has 1 aromatic carbocycles. The number of carbonyl (C=O) groups is 2. The lowest BCUT2D eigenvalue weighted by molar-refractivity contribution is 0.0730. The summed E-state index contributed by atoms with van der Waals surface area (Å²) in [4.78, 5) is 39.2. The molecular formula is C22H20ClFN4O4. The van der Waals surface area contributed by atoms with E-state index in [1.165, 1.54) is 28.8 Å². The van der Waals surface area contributed by atoms with Crippen molar-refractivity contribution in [3.8, 4) is 18.1 Å². The van der Waals surface area contributed by atoms with Crippen LogP contribution in [0.3, 0.4) is 0 Å². The van der Waals surface area contributed by atoms with E-state index in [2.05, 4.69) is 17.8 Å². The van der Waals surface area contributed by atoms with Crippen LogP contribution >= 0.6 is 11.6 Å². The molecule has 166 valence electrons. The molecule has 0 saturated carbocycles. The molecule has 2 heterocycles. The van der Waals surface area contributed by atoms with Gasteiger partial charge in [0.05, 0.1) is 12.5 Å². The van der Waals surface area contributed by atoms with Crippen molar-refractivity contribution in [2.75, 3.05) is 25.3 Å². The second kappa shape index (κ2) is 9.16. The number of aromatic hydroxyl groups is 1. The third-order valence-corrected chi connectivity index (χ3v) is 5.23. The molecule has 2 N–H and O–H groups in total. The maximum atomic E-state index is 14.0. The van der Waals surface area contributed by atoms with E-state index in [4.69, 9.17) is 18.0 Å². The molecular weight excluding hydrogens is 439 g/mol. The average Bonchev–Trinajstić information content (AvgIpc) is 2.76. The van der Waals surface area contributed by atoms with Crippen LogP contribution in [0.25, 0.3) is 0 Å². The zero-order valence-corrected chi connectivity index (χ0v) is 17.9. The number of amides is 2. The van der Waals surface area contributed by atoms with Crippen molar-refractivity contribution in [2.24, 2.45) is 5.92 Å². The molecule has 1 aromatic heterocycles. The summed E-state index contributed by atoms with van der Waals surface area (Å²) in [6, 6.07) is 3.97. The quantitative estimate of drug-likeness (QED) is 0.507. The first-order chi connectivity index (χ1) is 15.2. The Balaban J connectivity index is 1.97. The number of terminal acetylenes is 1. The Morgan fingerprint density at radius 1 is 1.47 bits per heavy atom. The van der Waals surface area contributed by atoms with Gasteiger partial charge in [-0.1, -0.05) is 29.7 Å². The Hall–Kier alpha value is -3.77. The van der Waals surface area contributed by atoms with E-state index < -0.39 is 40.3 Å². The SMILES string of the molecule is C#C[C@@H](C=C)CN1CN(C)C(=O)c2c(O)c(=O)c(C(=O)NCc3ccc(Cl)cc3F)cn21. The summed E-state index contributed by atoms with van der Waals surface area (Å²) in [5, 5.41) is 14.7. The van der Waals surface area contributed by atoms with Gasteiger partial charge in [0.2, 0.25) is 5.43 Å². The van der Waals surface area contributed by atoms with Gasteiger partial charge in [0.25, 0.3) is 11.8 Å². The van der Waals surface area contributed by atoms with Crippen molar-refractivity contribution >= 4 is 23.4 Å². The summed E-state index contributed by atoms with van der Waals surface area (Å²) in [5.74, 6) is -0.780. The Morgan fingerprint density at radius 3 is 2.81 bits per heavy atom. The highest BCUT2D eigenvalue weighted by Gasteiger charge is 2.33. The predicted octanol–water partition coefficient (Wildman–Crippen LogP) is 1.69. The molecule has 2 aromatic rings. The number of nitrogens with one attached hydrogen (secondary N) is 1. The molecule has 0 bridgehead atoms. The highest BCUT2D eigenvalue weighted by Crippen LogP contribution is 2.21. The minimum atomic E-state index is -1.02. The van der Waals surface area contributed by atoms with Crippen LogP contribution in [0.2, 0.25) is 5.02 Å². The van der Waals surface area contributed by atoms with E-state index in [9.17, 15) is 23.9 Å². The molecule has 3 rings (SSSR count). The van der Waals surface area contributed by atoms with Crippen LogP contribution in [-0.2, 0) is 6.54 Å². The number of carbonyl (C=O) groups excluding carboxylic acids is 2. The highest BCUT2D eigenvalue weighted by atomic mass is 35.5. The van der Waals surface area contributed by atoms with Crippen LogP contribution < -0.4 is 15.8 Å². The molecule has 0 fully saturated rings. The van der Waals surface area contributed by atoms with Crippen LogP contribution in [0.4, 0.5) is 4.39 Å². The first-order valence-electron chi connectivity index (χ1n) is 9.48. The van der Waals surface area contributed by atoms with Gasteiger partial charge in [-0.3, -0.25) is 24.1 Å². The lowest BCUT2D eigenvalue weighted by Gasteiger charge is -2.38. The molecule has 0 aliphatic carbocycles. The smallest absolute Gasteiger partial charge is 0.277 e. The number of hydrogen-bond acceptors (Lipinski definition) is 5. The number of benzene rings is 1. The molecule has 0 radical (unpaired) electrons. The zero-order valence-electron chi connectivity index (χ0n) is 17.1. The maximum Gasteiger partial charge on any atom is 0.277 e. The van der Waals surface area contributed by atoms with Gasteiger partial charge in [0, 0.05) is 30.4 Å². The average molecular weight is 459 g/mol. The monoisotopic (exact) mass is 458 g/mol. The van der Waals surface area contributed by atoms with E-state index in [0.29, 0.717) is 0 Å². The Kier molecular flexibility index (Phi) is 6.55. The van der Waals surface area contributed by atoms with Crippen molar-refractivity contribution < 1.29 is 19.1 Å². The topological polar surface area (TPSA) is 94.9 Å². The minimum absolute atomic E-state index is 0.0945. The van der Waals surface area contributed by atoms with E-state index >= 15 is 0 Å². The number of rotatable bonds is 6. The first-order valence-corrected chi connectivity index (χ1v) is 9.85. The first kappa shape index (κ1) is 22.9. The number of hydrogen-bond donors (Lipinski definition) is 2. The molecule has 2 amide bonds. The number of nitrogens with zero attached hydrogens (tertiary/aromatic N) is 3. The molecule has 8 nitrogen and oxygen atoms in total. The van der Waals surface area contributed by atoms with Gasteiger partial charge in [-0.25, -0.2) is 4.39 Å². The van der Waals surface area contributed by atoms with Crippen molar-refractivity contribution in [2.45, 2.75) is 6.54 Å². The van der Waals surface area contributed by atoms with E-state index in [0.717, 1.165) is 12.3 Å². The standard InChI is InChI=1S/C22H20ClFN4O4/c1-4-13(5-2)10-27-12-26(3)22(32)18-20(30)19(29)16(11-28(18)27)21(31)25-9-14-6-7-15(23)8-17(14)24/h1,5-8,11,13,30H,2,9-10,12H2,3H3,(H,25,31)/t13-/m0/s1. The van der Waals surface area contributed by atoms with Gasteiger partial charge in [-0.05, 0) is 12.1 Å². The van der Waals surface area contributed by atoms with Gasteiger partial charge in [0.15, 0.2) is 11.4 Å². The molecule has 0 unspecified atom stereocenters. The summed E-state index contributed by atoms with van der Waals surface area (Å²) in [7, 11) is 1.50. The van der Waals surface area contributed by atoms with Crippen LogP contribution in [0.5, 0.6) is 5.75 Å². The normalized spacial score (nSPS) is 13.9. The fourth-order valence-corrected chi connectivity index (χ4v) is 3.39. The fourth-order valence-electron chi connectivity index (χ4n) is 3.23. The molecule has 1 atom stereocenters. The lowest BCUT2D eigenvalue weighted by Crippen LogP contribution is -2.54. The number of halogens is 2. The van der Waals surface area contributed by atoms with Gasteiger partial charge in [-0.15, -0.1) is 13.0 Å². The summed E-state index contributed by atoms with van der Waals surface area (Å²) in [6.07, 6.45) is 8.20. The van der Waals surface area contributed by atoms with Crippen molar-refractivity contribution in [1.29, 1.82) is 0 Å². The fraction of sp³-hybridized carbons (Fsp3) is 0.227. The molecule has 0 spiro atoms. The molecule has 32 heavy (non-hydrogen) atoms. The van der Waals surface area contributed by atoms with Crippen LogP contribution in [0, 0.1) is 24.1 Å². The number of pyridine rings is 1. The van der Waals surface area contributed by atoms with Crippen molar-refractivity contribution in [3.63, 3.8) is 0 Å². The Morgan fingerprint density at radius 2 is 2.19 bits per heavy atom. The number of fused-ring (bicyclic) bond motifs is 1. The molecule has 10 heteroatoms. The van der Waals surface area contributed by atoms with Gasteiger partial charge in [0.1, 0.15) is 18.0 Å². The largest absolute Gasteiger partial charge is 0.502 e. The zero-order chi connectivity index (χ0) is 23.6. The third kappa shape index (κ3) is 4.31. The van der Waals surface area contributed by atoms with E-state index in [-0.39, 0.29) is 36.0 Å². The van der Waals surface area contributed by atoms with E-state index in [1.54, 1.807) is 11.1 Å². The van der Waals surface area contributed by atoms with Gasteiger partial charge in [-0.2, -0.15) is 0 Å². The summed E-state index contributed by atoms with van der Waals surface area (Å²) >= 11 is 5.72. The molecule has 1 aliphatic rings. The molecule has 0 saturated heterocycles. The van der Waals surface area contributed by atoms with Gasteiger partial charge < -0.3 is 15.3 Å². The third-order valence-electron chi connectivity index (χ3n) is 5.00. The predicted molar refractivity (Wildman–Crippen MR) is 118 cm³/mol. The second-order valence-electron chi connectivity index (χ2n) is 7.17.